The normalized spacial score (nSPS) is 10.6. The molecule has 0 aliphatic heterocycles. The van der Waals surface area contributed by atoms with E-state index in [1.807, 2.05) is 6.92 Å². The Labute approximate surface area is 234 Å². The molecule has 4 aromatic rings. The van der Waals surface area contributed by atoms with Crippen LogP contribution in [0.3, 0.4) is 0 Å². The van der Waals surface area contributed by atoms with Gasteiger partial charge in [-0.2, -0.15) is 0 Å². The molecule has 208 valence electrons. The number of esters is 2. The van der Waals surface area contributed by atoms with E-state index in [4.69, 9.17) is 9.47 Å². The van der Waals surface area contributed by atoms with Gasteiger partial charge in [0.05, 0.1) is 28.9 Å². The van der Waals surface area contributed by atoms with Crippen molar-refractivity contribution in [3.05, 3.63) is 124 Å². The van der Waals surface area contributed by atoms with Crippen molar-refractivity contribution in [1.82, 2.24) is 0 Å². The third-order valence-corrected chi connectivity index (χ3v) is 6.14. The fourth-order valence-electron chi connectivity index (χ4n) is 4.03. The molecular formula is C32H25FO8. The molecule has 0 aliphatic carbocycles. The Balaban J connectivity index is 2.03. The number of halogens is 1. The van der Waals surface area contributed by atoms with Gasteiger partial charge in [0.25, 0.3) is 0 Å². The Bertz CT molecular complexity index is 1600. The van der Waals surface area contributed by atoms with Crippen LogP contribution in [0.1, 0.15) is 72.3 Å². The molecule has 0 bridgehead atoms. The van der Waals surface area contributed by atoms with Gasteiger partial charge >= 0.3 is 11.9 Å². The SMILES string of the molecule is CCCCOC(=O)c1c(C(=O)c2ccccc2)c(O)c(O)c(OC(=O)c2ccccc2)c1C(=O)c1ccc(F)cc1. The molecule has 41 heavy (non-hydrogen) atoms. The number of ether oxygens (including phenoxy) is 2. The van der Waals surface area contributed by atoms with Crippen LogP contribution in [0.15, 0.2) is 84.9 Å². The number of rotatable bonds is 10. The van der Waals surface area contributed by atoms with Crippen LogP contribution in [0.4, 0.5) is 4.39 Å². The maximum absolute atomic E-state index is 13.9. The van der Waals surface area contributed by atoms with Gasteiger partial charge in [0, 0.05) is 11.1 Å². The van der Waals surface area contributed by atoms with Crippen molar-refractivity contribution in [2.45, 2.75) is 19.8 Å². The van der Waals surface area contributed by atoms with Gasteiger partial charge in [-0.15, -0.1) is 0 Å². The molecule has 0 atom stereocenters. The standard InChI is InChI=1S/C32H25FO8/c1-2-3-18-40-32(39)23-24(26(34)19-10-6-4-7-11-19)28(36)29(37)30(41-31(38)21-12-8-5-9-13-21)25(23)27(35)20-14-16-22(33)17-15-20/h4-17,36-37H,2-3,18H2,1H3. The maximum Gasteiger partial charge on any atom is 0.343 e. The summed E-state index contributed by atoms with van der Waals surface area (Å²) in [5.74, 6) is -7.83. The minimum Gasteiger partial charge on any atom is -0.504 e. The second-order valence-corrected chi connectivity index (χ2v) is 8.93. The summed E-state index contributed by atoms with van der Waals surface area (Å²) in [4.78, 5) is 54.1. The maximum atomic E-state index is 13.9. The molecule has 0 unspecified atom stereocenters. The Hall–Kier alpha value is -5.31. The lowest BCUT2D eigenvalue weighted by molar-refractivity contribution is 0.0491. The molecule has 4 aromatic carbocycles. The minimum absolute atomic E-state index is 0.0269. The van der Waals surface area contributed by atoms with Crippen LogP contribution in [-0.4, -0.2) is 40.3 Å². The van der Waals surface area contributed by atoms with Crippen molar-refractivity contribution >= 4 is 23.5 Å². The first kappa shape index (κ1) is 28.7. The lowest BCUT2D eigenvalue weighted by Gasteiger charge is -2.20. The van der Waals surface area contributed by atoms with E-state index < -0.39 is 63.3 Å². The molecule has 0 fully saturated rings. The van der Waals surface area contributed by atoms with E-state index in [-0.39, 0.29) is 23.3 Å². The number of hydrogen-bond donors (Lipinski definition) is 2. The second kappa shape index (κ2) is 12.7. The van der Waals surface area contributed by atoms with Crippen LogP contribution in [0.2, 0.25) is 0 Å². The van der Waals surface area contributed by atoms with Gasteiger partial charge < -0.3 is 19.7 Å². The largest absolute Gasteiger partial charge is 0.504 e. The molecular weight excluding hydrogens is 531 g/mol. The number of aromatic hydroxyl groups is 2. The fourth-order valence-corrected chi connectivity index (χ4v) is 4.03. The van der Waals surface area contributed by atoms with Crippen molar-refractivity contribution in [1.29, 1.82) is 0 Å². The Morgan fingerprint density at radius 1 is 0.659 bits per heavy atom. The van der Waals surface area contributed by atoms with Crippen LogP contribution in [0.25, 0.3) is 0 Å². The summed E-state index contributed by atoms with van der Waals surface area (Å²) >= 11 is 0. The lowest BCUT2D eigenvalue weighted by atomic mass is 9.88. The van der Waals surface area contributed by atoms with Gasteiger partial charge in [-0.05, 0) is 42.8 Å². The second-order valence-electron chi connectivity index (χ2n) is 8.93. The predicted molar refractivity (Wildman–Crippen MR) is 146 cm³/mol. The van der Waals surface area contributed by atoms with E-state index in [1.54, 1.807) is 36.4 Å². The highest BCUT2D eigenvalue weighted by molar-refractivity contribution is 6.24. The fraction of sp³-hybridized carbons (Fsp3) is 0.125. The molecule has 0 aliphatic rings. The summed E-state index contributed by atoms with van der Waals surface area (Å²) in [6.07, 6.45) is 1.11. The molecule has 0 saturated carbocycles. The molecule has 9 heteroatoms. The number of ketones is 2. The summed E-state index contributed by atoms with van der Waals surface area (Å²) in [6, 6.07) is 19.4. The Morgan fingerprint density at radius 2 is 1.20 bits per heavy atom. The van der Waals surface area contributed by atoms with Gasteiger partial charge in [-0.25, -0.2) is 14.0 Å². The number of phenolic OH excluding ortho intramolecular Hbond substituents is 2. The third kappa shape index (κ3) is 6.14. The summed E-state index contributed by atoms with van der Waals surface area (Å²) in [6.45, 7) is 1.77. The highest BCUT2D eigenvalue weighted by Gasteiger charge is 2.37. The van der Waals surface area contributed by atoms with Gasteiger partial charge in [0.1, 0.15) is 5.82 Å². The zero-order valence-electron chi connectivity index (χ0n) is 21.9. The molecule has 8 nitrogen and oxygen atoms in total. The van der Waals surface area contributed by atoms with Gasteiger partial charge in [0.2, 0.25) is 5.75 Å². The number of benzene rings is 4. The molecule has 0 heterocycles. The topological polar surface area (TPSA) is 127 Å². The molecule has 2 N–H and O–H groups in total. The van der Waals surface area contributed by atoms with Crippen molar-refractivity contribution in [3.63, 3.8) is 0 Å². The first-order chi connectivity index (χ1) is 19.7. The first-order valence-electron chi connectivity index (χ1n) is 12.7. The van der Waals surface area contributed by atoms with Gasteiger partial charge in [0.15, 0.2) is 23.1 Å². The molecule has 0 amide bonds. The molecule has 0 saturated heterocycles. The predicted octanol–water partition coefficient (Wildman–Crippen LogP) is 5.88. The molecule has 0 aromatic heterocycles. The van der Waals surface area contributed by atoms with Crippen LogP contribution >= 0.6 is 0 Å². The van der Waals surface area contributed by atoms with Gasteiger partial charge in [-0.3, -0.25) is 9.59 Å². The number of carbonyl (C=O) groups excluding carboxylic acids is 4. The minimum atomic E-state index is -1.17. The number of hydrogen-bond acceptors (Lipinski definition) is 8. The molecule has 0 spiro atoms. The number of carbonyl (C=O) groups is 4. The summed E-state index contributed by atoms with van der Waals surface area (Å²) < 4.78 is 24.4. The van der Waals surface area contributed by atoms with Crippen molar-refractivity contribution in [2.75, 3.05) is 6.61 Å². The summed E-state index contributed by atoms with van der Waals surface area (Å²) in [5, 5.41) is 22.1. The van der Waals surface area contributed by atoms with E-state index >= 15 is 0 Å². The highest BCUT2D eigenvalue weighted by atomic mass is 19.1. The van der Waals surface area contributed by atoms with Crippen molar-refractivity contribution in [2.24, 2.45) is 0 Å². The molecule has 0 radical (unpaired) electrons. The third-order valence-electron chi connectivity index (χ3n) is 6.14. The van der Waals surface area contributed by atoms with E-state index in [0.29, 0.717) is 12.8 Å². The van der Waals surface area contributed by atoms with Crippen LogP contribution in [0, 0.1) is 5.82 Å². The van der Waals surface area contributed by atoms with Crippen molar-refractivity contribution < 1.29 is 43.3 Å². The zero-order chi connectivity index (χ0) is 29.5. The first-order valence-corrected chi connectivity index (χ1v) is 12.7. The van der Waals surface area contributed by atoms with Crippen LogP contribution in [0.5, 0.6) is 17.2 Å². The van der Waals surface area contributed by atoms with Gasteiger partial charge in [-0.1, -0.05) is 61.9 Å². The van der Waals surface area contributed by atoms with E-state index in [1.165, 1.54) is 24.3 Å². The quantitative estimate of drug-likeness (QED) is 0.0816. The lowest BCUT2D eigenvalue weighted by Crippen LogP contribution is -2.22. The van der Waals surface area contributed by atoms with Crippen LogP contribution < -0.4 is 4.74 Å². The monoisotopic (exact) mass is 556 g/mol. The van der Waals surface area contributed by atoms with E-state index in [2.05, 4.69) is 0 Å². The van der Waals surface area contributed by atoms with E-state index in [0.717, 1.165) is 24.3 Å². The number of unbranched alkanes of at least 4 members (excludes halogenated alkanes) is 1. The average molecular weight is 557 g/mol. The average Bonchev–Trinajstić information content (AvgIpc) is 3.00. The summed E-state index contributed by atoms with van der Waals surface area (Å²) in [7, 11) is 0. The van der Waals surface area contributed by atoms with E-state index in [9.17, 15) is 33.8 Å². The highest BCUT2D eigenvalue weighted by Crippen LogP contribution is 2.46. The summed E-state index contributed by atoms with van der Waals surface area (Å²) in [5.41, 5.74) is -2.25. The Morgan fingerprint density at radius 3 is 1.78 bits per heavy atom. The number of phenols is 2. The smallest absolute Gasteiger partial charge is 0.343 e. The zero-order valence-corrected chi connectivity index (χ0v) is 21.9. The Kier molecular flexibility index (Phi) is 8.88. The van der Waals surface area contributed by atoms with Crippen LogP contribution in [-0.2, 0) is 4.74 Å². The molecule has 4 rings (SSSR count). The van der Waals surface area contributed by atoms with Crippen molar-refractivity contribution in [3.8, 4) is 17.2 Å².